The van der Waals surface area contributed by atoms with Gasteiger partial charge in [0, 0.05) is 19.0 Å². The van der Waals surface area contributed by atoms with Crippen LogP contribution in [0.3, 0.4) is 0 Å². The van der Waals surface area contributed by atoms with Gasteiger partial charge in [-0.2, -0.15) is 0 Å². The Hall–Kier alpha value is -2.05. The Kier molecular flexibility index (Phi) is 4.51. The van der Waals surface area contributed by atoms with Gasteiger partial charge in [-0.1, -0.05) is 0 Å². The van der Waals surface area contributed by atoms with Gasteiger partial charge in [0.05, 0.1) is 17.8 Å². The van der Waals surface area contributed by atoms with E-state index in [4.69, 9.17) is 9.15 Å². The Balaban J connectivity index is 1.70. The highest BCUT2D eigenvalue weighted by Crippen LogP contribution is 2.41. The van der Waals surface area contributed by atoms with E-state index >= 15 is 0 Å². The Morgan fingerprint density at radius 2 is 1.80 bits per heavy atom. The van der Waals surface area contributed by atoms with Crippen LogP contribution >= 0.6 is 0 Å². The highest BCUT2D eigenvalue weighted by Gasteiger charge is 2.40. The summed E-state index contributed by atoms with van der Waals surface area (Å²) in [5.74, 6) is 0.574. The minimum atomic E-state index is -0.539. The number of oxazole rings is 1. The maximum atomic E-state index is 12.9. The van der Waals surface area contributed by atoms with Crippen LogP contribution in [0.2, 0.25) is 0 Å². The summed E-state index contributed by atoms with van der Waals surface area (Å²) < 4.78 is 10.9. The minimum Gasteiger partial charge on any atom is -0.444 e. The molecule has 138 valence electrons. The molecule has 3 rings (SSSR count). The number of carbonyl (C=O) groups is 2. The molecule has 7 heteroatoms. The van der Waals surface area contributed by atoms with Crippen molar-refractivity contribution in [1.82, 2.24) is 14.8 Å². The third kappa shape index (κ3) is 3.80. The number of hydrogen-bond acceptors (Lipinski definition) is 5. The highest BCUT2D eigenvalue weighted by molar-refractivity contribution is 5.93. The minimum absolute atomic E-state index is 0.130. The molecule has 1 aliphatic heterocycles. The summed E-state index contributed by atoms with van der Waals surface area (Å²) in [6, 6.07) is -0.260. The van der Waals surface area contributed by atoms with Gasteiger partial charge in [-0.15, -0.1) is 0 Å². The molecule has 1 aliphatic carbocycles. The van der Waals surface area contributed by atoms with Crippen molar-refractivity contribution in [1.29, 1.82) is 0 Å². The topological polar surface area (TPSA) is 75.9 Å². The Labute approximate surface area is 148 Å². The van der Waals surface area contributed by atoms with Gasteiger partial charge in [-0.3, -0.25) is 9.69 Å². The smallest absolute Gasteiger partial charge is 0.410 e. The maximum Gasteiger partial charge on any atom is 0.410 e. The van der Waals surface area contributed by atoms with E-state index in [9.17, 15) is 9.59 Å². The third-order valence-electron chi connectivity index (χ3n) is 4.56. The molecular formula is C18H27N3O4. The van der Waals surface area contributed by atoms with Crippen LogP contribution < -0.4 is 0 Å². The van der Waals surface area contributed by atoms with Gasteiger partial charge in [0.1, 0.15) is 5.60 Å². The number of rotatable bonds is 2. The number of nitrogens with zero attached hydrogens (tertiary/aromatic N) is 3. The fraction of sp³-hybridized carbons (Fsp3) is 0.722. The van der Waals surface area contributed by atoms with E-state index in [1.54, 1.807) is 9.80 Å². The summed E-state index contributed by atoms with van der Waals surface area (Å²) in [6.07, 6.45) is 3.14. The predicted octanol–water partition coefficient (Wildman–Crippen LogP) is 3.02. The van der Waals surface area contributed by atoms with Crippen LogP contribution in [-0.2, 0) is 4.74 Å². The zero-order valence-corrected chi connectivity index (χ0v) is 15.6. The molecule has 25 heavy (non-hydrogen) atoms. The molecule has 0 spiro atoms. The van der Waals surface area contributed by atoms with Crippen molar-refractivity contribution in [3.8, 4) is 0 Å². The van der Waals surface area contributed by atoms with Crippen LogP contribution in [0.1, 0.15) is 69.6 Å². The molecule has 0 unspecified atom stereocenters. The molecular weight excluding hydrogens is 322 g/mol. The summed E-state index contributed by atoms with van der Waals surface area (Å²) in [6.45, 7) is 10.3. The monoisotopic (exact) mass is 349 g/mol. The fourth-order valence-electron chi connectivity index (χ4n) is 3.37. The molecule has 0 radical (unpaired) electrons. The van der Waals surface area contributed by atoms with Gasteiger partial charge in [0.15, 0.2) is 6.39 Å². The number of ether oxygens (including phenoxy) is 1. The lowest BCUT2D eigenvalue weighted by atomic mass is 10.1. The van der Waals surface area contributed by atoms with E-state index in [0.29, 0.717) is 24.8 Å². The van der Waals surface area contributed by atoms with Crippen LogP contribution in [0, 0.1) is 0 Å². The summed E-state index contributed by atoms with van der Waals surface area (Å²) in [5.41, 5.74) is 0.238. The number of amides is 2. The first-order valence-electron chi connectivity index (χ1n) is 8.91. The SMILES string of the molecule is C[C@@H]1CN(C(=O)c2ocnc2C2CC2)C[C@H](C)N1C(=O)OC(C)(C)C. The maximum absolute atomic E-state index is 12.9. The van der Waals surface area contributed by atoms with Gasteiger partial charge in [0.2, 0.25) is 5.76 Å². The molecule has 2 amide bonds. The largest absolute Gasteiger partial charge is 0.444 e. The van der Waals surface area contributed by atoms with Crippen molar-refractivity contribution >= 4 is 12.0 Å². The first-order valence-corrected chi connectivity index (χ1v) is 8.91. The normalized spacial score (nSPS) is 24.4. The van der Waals surface area contributed by atoms with Crippen molar-refractivity contribution < 1.29 is 18.7 Å². The number of piperazine rings is 1. The molecule has 2 fully saturated rings. The standard InChI is InChI=1S/C18H27N3O4/c1-11-8-20(9-12(2)21(11)17(23)25-18(3,4)5)16(22)15-14(13-6-7-13)19-10-24-15/h10-13H,6-9H2,1-5H3/t11-,12+. The molecule has 0 aromatic carbocycles. The average Bonchev–Trinajstić information content (AvgIpc) is 3.21. The lowest BCUT2D eigenvalue weighted by Crippen LogP contribution is -2.60. The van der Waals surface area contributed by atoms with Crippen LogP contribution in [0.4, 0.5) is 4.79 Å². The van der Waals surface area contributed by atoms with E-state index < -0.39 is 5.60 Å². The highest BCUT2D eigenvalue weighted by atomic mass is 16.6. The molecule has 1 aromatic rings. The first-order chi connectivity index (χ1) is 11.7. The number of hydrogen-bond donors (Lipinski definition) is 0. The van der Waals surface area contributed by atoms with E-state index in [1.807, 2.05) is 34.6 Å². The number of aromatic nitrogens is 1. The van der Waals surface area contributed by atoms with Crippen molar-refractivity contribution in [2.24, 2.45) is 0 Å². The molecule has 2 heterocycles. The zero-order chi connectivity index (χ0) is 18.4. The van der Waals surface area contributed by atoms with Gasteiger partial charge in [0.25, 0.3) is 5.91 Å². The predicted molar refractivity (Wildman–Crippen MR) is 91.4 cm³/mol. The summed E-state index contributed by atoms with van der Waals surface area (Å²) >= 11 is 0. The van der Waals surface area contributed by atoms with Crippen molar-refractivity contribution in [3.63, 3.8) is 0 Å². The Morgan fingerprint density at radius 3 is 2.32 bits per heavy atom. The molecule has 1 aromatic heterocycles. The van der Waals surface area contributed by atoms with Crippen molar-refractivity contribution in [3.05, 3.63) is 17.8 Å². The fourth-order valence-corrected chi connectivity index (χ4v) is 3.37. The quantitative estimate of drug-likeness (QED) is 0.820. The van der Waals surface area contributed by atoms with Crippen LogP contribution in [0.15, 0.2) is 10.8 Å². The van der Waals surface area contributed by atoms with E-state index in [1.165, 1.54) is 6.39 Å². The zero-order valence-electron chi connectivity index (χ0n) is 15.6. The molecule has 1 saturated carbocycles. The molecule has 2 aliphatic rings. The lowest BCUT2D eigenvalue weighted by Gasteiger charge is -2.44. The van der Waals surface area contributed by atoms with E-state index in [-0.39, 0.29) is 24.1 Å². The lowest BCUT2D eigenvalue weighted by molar-refractivity contribution is -0.0134. The second-order valence-electron chi connectivity index (χ2n) is 8.14. The Bertz CT molecular complexity index is 648. The Morgan fingerprint density at radius 1 is 1.20 bits per heavy atom. The molecule has 2 atom stereocenters. The molecule has 7 nitrogen and oxygen atoms in total. The van der Waals surface area contributed by atoms with Gasteiger partial charge < -0.3 is 14.1 Å². The number of carbonyl (C=O) groups excluding carboxylic acids is 2. The van der Waals surface area contributed by atoms with Crippen molar-refractivity contribution in [2.45, 2.75) is 71.1 Å². The van der Waals surface area contributed by atoms with E-state index in [2.05, 4.69) is 4.98 Å². The average molecular weight is 349 g/mol. The third-order valence-corrected chi connectivity index (χ3v) is 4.56. The van der Waals surface area contributed by atoms with Crippen LogP contribution in [-0.4, -0.2) is 57.6 Å². The van der Waals surface area contributed by atoms with Crippen molar-refractivity contribution in [2.75, 3.05) is 13.1 Å². The summed E-state index contributed by atoms with van der Waals surface area (Å²) in [4.78, 5) is 33.0. The summed E-state index contributed by atoms with van der Waals surface area (Å²) in [5, 5.41) is 0. The van der Waals surface area contributed by atoms with Gasteiger partial charge in [-0.25, -0.2) is 9.78 Å². The molecule has 0 N–H and O–H groups in total. The van der Waals surface area contributed by atoms with E-state index in [0.717, 1.165) is 18.5 Å². The second-order valence-corrected chi connectivity index (χ2v) is 8.14. The molecule has 1 saturated heterocycles. The van der Waals surface area contributed by atoms with Crippen LogP contribution in [0.5, 0.6) is 0 Å². The second kappa shape index (κ2) is 6.35. The van der Waals surface area contributed by atoms with Crippen LogP contribution in [0.25, 0.3) is 0 Å². The van der Waals surface area contributed by atoms with Gasteiger partial charge in [-0.05, 0) is 47.5 Å². The van der Waals surface area contributed by atoms with Gasteiger partial charge >= 0.3 is 6.09 Å². The molecule has 0 bridgehead atoms. The first kappa shape index (κ1) is 17.8. The summed E-state index contributed by atoms with van der Waals surface area (Å²) in [7, 11) is 0.